The standard InChI is InChI=1S/C51H86O13Si2/c1-33(29-60-32-59-23-24-65(14,15)16)25-40-41(61-30-54-9)27-37(48(57-12)58-13)28-51(40)46(56-11)42(47(53)64-51)45(52)50(8)39(34(2)21-22-63-66(17,18)49(5,6)7)20-19-38-43(50)35(3)26-36(4)44(38)62-31-55-10/h19-21,25,27,35-36,38-41,43-44,48H,22-24,26,28-32H2,1-18H3/b33-25+,34-21+/t35-,36-,38-,39-,40+,41-,43+,44-,50+,51-/m0/s1. The first-order chi connectivity index (χ1) is 30.9. The minimum atomic E-state index is -2.09. The van der Waals surface area contributed by atoms with Gasteiger partial charge in [-0.1, -0.05) is 103 Å². The number of ether oxygens (including phenoxy) is 10. The van der Waals surface area contributed by atoms with E-state index in [-0.39, 0.29) is 85.3 Å². The Morgan fingerprint density at radius 2 is 1.58 bits per heavy atom. The summed E-state index contributed by atoms with van der Waals surface area (Å²) in [5.41, 5.74) is -0.313. The summed E-state index contributed by atoms with van der Waals surface area (Å²) in [5, 5.41) is 0.0266. The largest absolute Gasteiger partial charge is 0.496 e. The molecule has 4 aliphatic rings. The first-order valence-electron chi connectivity index (χ1n) is 23.7. The first-order valence-corrected chi connectivity index (χ1v) is 30.4. The number of carbonyl (C=O) groups is 2. The lowest BCUT2D eigenvalue weighted by atomic mass is 9.48. The number of rotatable bonds is 24. The Bertz CT molecular complexity index is 1800. The minimum absolute atomic E-state index is 0.0266. The fourth-order valence-corrected chi connectivity index (χ4v) is 12.3. The molecule has 376 valence electrons. The Morgan fingerprint density at radius 3 is 2.17 bits per heavy atom. The summed E-state index contributed by atoms with van der Waals surface area (Å²) in [5.74, 6) is -2.12. The molecule has 0 amide bonds. The maximum atomic E-state index is 16.3. The minimum Gasteiger partial charge on any atom is -0.496 e. The quantitative estimate of drug-likeness (QED) is 0.0227. The van der Waals surface area contributed by atoms with E-state index in [1.165, 1.54) is 7.11 Å². The van der Waals surface area contributed by atoms with E-state index in [0.717, 1.165) is 23.6 Å². The van der Waals surface area contributed by atoms with Crippen molar-refractivity contribution in [3.63, 3.8) is 0 Å². The van der Waals surface area contributed by atoms with Gasteiger partial charge in [0.15, 0.2) is 31.8 Å². The van der Waals surface area contributed by atoms with Crippen LogP contribution in [-0.2, 0) is 61.4 Å². The van der Waals surface area contributed by atoms with Crippen molar-refractivity contribution in [1.82, 2.24) is 0 Å². The number of ketones is 1. The van der Waals surface area contributed by atoms with E-state index >= 15 is 9.59 Å². The molecule has 15 heteroatoms. The Kier molecular flexibility index (Phi) is 20.1. The molecular weight excluding hydrogens is 877 g/mol. The second kappa shape index (κ2) is 23.5. The second-order valence-corrected chi connectivity index (χ2v) is 32.4. The SMILES string of the molecule is COCO[C@@H]1[C@H]2C=C[C@@H](/C(C)=C/CO[Si](C)(C)C(C)(C)C)[C@@](C)(C(=O)C3=C(OC)[C@@]4(CC(C(OC)OC)=C[C@H](OCOC)[C@H]4/C=C(\C)COCOCC[Si](C)(C)C)OC3=O)[C@@H]2[C@@H](C)C[C@@H]1C. The van der Waals surface area contributed by atoms with Gasteiger partial charge in [-0.05, 0) is 67.8 Å². The summed E-state index contributed by atoms with van der Waals surface area (Å²) in [4.78, 5) is 31.3. The van der Waals surface area contributed by atoms with Crippen LogP contribution in [0.1, 0.15) is 68.2 Å². The van der Waals surface area contributed by atoms with Crippen LogP contribution in [0.5, 0.6) is 0 Å². The number of methoxy groups -OCH3 is 5. The van der Waals surface area contributed by atoms with Gasteiger partial charge in [-0.25, -0.2) is 4.79 Å². The summed E-state index contributed by atoms with van der Waals surface area (Å²) in [7, 11) is 4.41. The number of Topliss-reactive ketones (excluding diaryl/α,β-unsaturated/α-hetero) is 1. The van der Waals surface area contributed by atoms with Gasteiger partial charge in [0.25, 0.3) is 0 Å². The van der Waals surface area contributed by atoms with E-state index in [1.54, 1.807) is 28.4 Å². The molecular formula is C51H86O13Si2. The van der Waals surface area contributed by atoms with Crippen LogP contribution in [0.25, 0.3) is 0 Å². The van der Waals surface area contributed by atoms with E-state index in [1.807, 2.05) is 26.0 Å². The van der Waals surface area contributed by atoms with Crippen molar-refractivity contribution in [2.75, 3.05) is 75.7 Å². The highest BCUT2D eigenvalue weighted by Crippen LogP contribution is 2.59. The van der Waals surface area contributed by atoms with Crippen LogP contribution < -0.4 is 0 Å². The van der Waals surface area contributed by atoms with Crippen LogP contribution in [0, 0.1) is 40.9 Å². The summed E-state index contributed by atoms with van der Waals surface area (Å²) >= 11 is 0. The maximum absolute atomic E-state index is 16.3. The van der Waals surface area contributed by atoms with Crippen LogP contribution in [0.15, 0.2) is 58.4 Å². The highest BCUT2D eigenvalue weighted by molar-refractivity contribution is 6.76. The van der Waals surface area contributed by atoms with E-state index in [0.29, 0.717) is 18.8 Å². The van der Waals surface area contributed by atoms with Crippen molar-refractivity contribution in [3.05, 3.63) is 58.4 Å². The molecule has 13 nitrogen and oxygen atoms in total. The van der Waals surface area contributed by atoms with Gasteiger partial charge >= 0.3 is 5.97 Å². The zero-order valence-corrected chi connectivity index (χ0v) is 45.8. The lowest BCUT2D eigenvalue weighted by Crippen LogP contribution is -2.57. The van der Waals surface area contributed by atoms with Crippen molar-refractivity contribution in [3.8, 4) is 0 Å². The Hall–Kier alpha value is -2.29. The fraction of sp³-hybridized carbons (Fsp3) is 0.765. The molecule has 1 saturated carbocycles. The predicted octanol–water partition coefficient (Wildman–Crippen LogP) is 9.64. The summed E-state index contributed by atoms with van der Waals surface area (Å²) in [6.07, 6.45) is 9.59. The third-order valence-corrected chi connectivity index (χ3v) is 21.1. The molecule has 1 fully saturated rings. The molecule has 3 aliphatic carbocycles. The molecule has 1 aliphatic heterocycles. The predicted molar refractivity (Wildman–Crippen MR) is 262 cm³/mol. The normalized spacial score (nSPS) is 31.1. The number of hydrogen-bond donors (Lipinski definition) is 0. The van der Waals surface area contributed by atoms with E-state index < -0.39 is 57.6 Å². The van der Waals surface area contributed by atoms with Crippen molar-refractivity contribution >= 4 is 28.1 Å². The number of fused-ring (bicyclic) bond motifs is 1. The molecule has 10 atom stereocenters. The zero-order chi connectivity index (χ0) is 49.4. The van der Waals surface area contributed by atoms with E-state index in [9.17, 15) is 0 Å². The molecule has 1 heterocycles. The molecule has 0 aromatic rings. The first kappa shape index (κ1) is 56.3. The van der Waals surface area contributed by atoms with Crippen LogP contribution in [0.3, 0.4) is 0 Å². The molecule has 1 spiro atoms. The molecule has 66 heavy (non-hydrogen) atoms. The van der Waals surface area contributed by atoms with E-state index in [4.69, 9.17) is 51.8 Å². The third kappa shape index (κ3) is 12.5. The van der Waals surface area contributed by atoms with Crippen LogP contribution in [-0.4, -0.2) is 128 Å². The van der Waals surface area contributed by atoms with Gasteiger partial charge in [0, 0.05) is 66.8 Å². The molecule has 0 saturated heterocycles. The average molecular weight is 963 g/mol. The van der Waals surface area contributed by atoms with E-state index in [2.05, 4.69) is 92.5 Å². The lowest BCUT2D eigenvalue weighted by Gasteiger charge is -2.55. The molecule has 0 N–H and O–H groups in total. The Morgan fingerprint density at radius 1 is 0.924 bits per heavy atom. The zero-order valence-electron chi connectivity index (χ0n) is 43.8. The highest BCUT2D eigenvalue weighted by Gasteiger charge is 2.64. The van der Waals surface area contributed by atoms with Crippen LogP contribution >= 0.6 is 0 Å². The average Bonchev–Trinajstić information content (AvgIpc) is 3.51. The number of hydrogen-bond acceptors (Lipinski definition) is 13. The number of carbonyl (C=O) groups excluding carboxylic acids is 2. The summed E-state index contributed by atoms with van der Waals surface area (Å²) in [6.45, 7) is 30.0. The van der Waals surface area contributed by atoms with Crippen molar-refractivity contribution < 1.29 is 61.4 Å². The molecule has 0 radical (unpaired) electrons. The Balaban J connectivity index is 1.93. The number of esters is 1. The van der Waals surface area contributed by atoms with Crippen LogP contribution in [0.4, 0.5) is 0 Å². The highest BCUT2D eigenvalue weighted by atomic mass is 28.4. The third-order valence-electron chi connectivity index (χ3n) is 14.9. The van der Waals surface area contributed by atoms with Crippen molar-refractivity contribution in [2.45, 2.75) is 136 Å². The second-order valence-electron chi connectivity index (χ2n) is 22.0. The molecule has 0 unspecified atom stereocenters. The monoisotopic (exact) mass is 963 g/mol. The smallest absolute Gasteiger partial charge is 0.346 e. The van der Waals surface area contributed by atoms with Gasteiger partial charge in [0.1, 0.15) is 26.0 Å². The molecule has 0 bridgehead atoms. The van der Waals surface area contributed by atoms with Gasteiger partial charge in [0.05, 0.1) is 38.4 Å². The van der Waals surface area contributed by atoms with Gasteiger partial charge in [-0.15, -0.1) is 0 Å². The van der Waals surface area contributed by atoms with Crippen LogP contribution in [0.2, 0.25) is 43.8 Å². The van der Waals surface area contributed by atoms with Gasteiger partial charge in [0.2, 0.25) is 0 Å². The number of allylic oxidation sites excluding steroid dienone is 2. The van der Waals surface area contributed by atoms with Crippen molar-refractivity contribution in [1.29, 1.82) is 0 Å². The molecule has 4 rings (SSSR count). The Labute approximate surface area is 399 Å². The van der Waals surface area contributed by atoms with Gasteiger partial charge < -0.3 is 51.8 Å². The maximum Gasteiger partial charge on any atom is 0.346 e. The summed E-state index contributed by atoms with van der Waals surface area (Å²) in [6, 6.07) is 1.03. The lowest BCUT2D eigenvalue weighted by molar-refractivity contribution is -0.166. The fourth-order valence-electron chi connectivity index (χ4n) is 10.6. The molecule has 0 aromatic heterocycles. The van der Waals surface area contributed by atoms with Gasteiger partial charge in [-0.2, -0.15) is 0 Å². The molecule has 0 aromatic carbocycles. The van der Waals surface area contributed by atoms with Crippen molar-refractivity contribution in [2.24, 2.45) is 40.9 Å². The topological polar surface area (TPSA) is 136 Å². The van der Waals surface area contributed by atoms with Gasteiger partial charge in [-0.3, -0.25) is 4.79 Å². The summed E-state index contributed by atoms with van der Waals surface area (Å²) < 4.78 is 66.9.